The van der Waals surface area contributed by atoms with Gasteiger partial charge in [-0.3, -0.25) is 0 Å². The van der Waals surface area contributed by atoms with Crippen molar-refractivity contribution in [2.45, 2.75) is 58.0 Å². The number of cyclic esters (lactones) is 1. The van der Waals surface area contributed by atoms with Crippen LogP contribution >= 0.6 is 0 Å². The lowest BCUT2D eigenvalue weighted by Gasteiger charge is -2.22. The summed E-state index contributed by atoms with van der Waals surface area (Å²) in [6, 6.07) is 0. The monoisotopic (exact) mass is 214 g/mol. The van der Waals surface area contributed by atoms with E-state index in [-0.39, 0.29) is 18.7 Å². The maximum Gasteiger partial charge on any atom is 0.332 e. The van der Waals surface area contributed by atoms with E-state index in [9.17, 15) is 4.79 Å². The summed E-state index contributed by atoms with van der Waals surface area (Å²) in [6.07, 6.45) is 8.61. The van der Waals surface area contributed by atoms with Gasteiger partial charge in [0.25, 0.3) is 0 Å². The predicted octanol–water partition coefficient (Wildman–Crippen LogP) is 2.68. The molecule has 88 valence electrons. The van der Waals surface area contributed by atoms with Crippen LogP contribution < -0.4 is 0 Å². The first kappa shape index (κ1) is 12.5. The van der Waals surface area contributed by atoms with Gasteiger partial charge in [0.15, 0.2) is 0 Å². The summed E-state index contributed by atoms with van der Waals surface area (Å²) in [7, 11) is 0. The number of carbonyl (C=O) groups excluding carboxylic acids is 1. The SMILES string of the molecule is CCCCCCCCC1COCC(=O)O1. The second-order valence-electron chi connectivity index (χ2n) is 4.18. The Hall–Kier alpha value is -0.570. The number of unbranched alkanes of at least 4 members (excludes halogenated alkanes) is 5. The molecule has 0 N–H and O–H groups in total. The van der Waals surface area contributed by atoms with Crippen molar-refractivity contribution in [3.05, 3.63) is 0 Å². The highest BCUT2D eigenvalue weighted by atomic mass is 16.6. The lowest BCUT2D eigenvalue weighted by Crippen LogP contribution is -2.32. The van der Waals surface area contributed by atoms with Crippen molar-refractivity contribution >= 4 is 5.97 Å². The highest BCUT2D eigenvalue weighted by Gasteiger charge is 2.19. The Kier molecular flexibility index (Phi) is 6.41. The Morgan fingerprint density at radius 2 is 1.93 bits per heavy atom. The Balaban J connectivity index is 1.92. The average Bonchev–Trinajstić information content (AvgIpc) is 2.23. The number of hydrogen-bond donors (Lipinski definition) is 0. The van der Waals surface area contributed by atoms with Gasteiger partial charge in [-0.1, -0.05) is 39.0 Å². The Morgan fingerprint density at radius 1 is 1.20 bits per heavy atom. The van der Waals surface area contributed by atoms with E-state index < -0.39 is 0 Å². The molecule has 0 aromatic carbocycles. The third-order valence-corrected chi connectivity index (χ3v) is 2.70. The van der Waals surface area contributed by atoms with Gasteiger partial charge in [-0.05, 0) is 12.8 Å². The van der Waals surface area contributed by atoms with Gasteiger partial charge in [0, 0.05) is 0 Å². The van der Waals surface area contributed by atoms with E-state index in [1.54, 1.807) is 0 Å². The zero-order valence-corrected chi connectivity index (χ0v) is 9.67. The maximum absolute atomic E-state index is 10.9. The van der Waals surface area contributed by atoms with Gasteiger partial charge >= 0.3 is 5.97 Å². The molecule has 0 spiro atoms. The second-order valence-corrected chi connectivity index (χ2v) is 4.18. The fourth-order valence-corrected chi connectivity index (χ4v) is 1.82. The summed E-state index contributed by atoms with van der Waals surface area (Å²) < 4.78 is 10.3. The largest absolute Gasteiger partial charge is 0.458 e. The molecule has 0 bridgehead atoms. The minimum atomic E-state index is -0.211. The van der Waals surface area contributed by atoms with Gasteiger partial charge in [0.1, 0.15) is 12.7 Å². The first-order valence-electron chi connectivity index (χ1n) is 6.10. The summed E-state index contributed by atoms with van der Waals surface area (Å²) in [4.78, 5) is 10.9. The van der Waals surface area contributed by atoms with Crippen LogP contribution in [0.3, 0.4) is 0 Å². The normalized spacial score (nSPS) is 21.4. The quantitative estimate of drug-likeness (QED) is 0.483. The molecule has 15 heavy (non-hydrogen) atoms. The highest BCUT2D eigenvalue weighted by Crippen LogP contribution is 2.13. The van der Waals surface area contributed by atoms with E-state index in [1.807, 2.05) is 0 Å². The molecule has 1 saturated heterocycles. The van der Waals surface area contributed by atoms with Crippen molar-refractivity contribution in [3.63, 3.8) is 0 Å². The molecule has 1 fully saturated rings. The summed E-state index contributed by atoms with van der Waals surface area (Å²) in [5, 5.41) is 0. The van der Waals surface area contributed by atoms with Gasteiger partial charge in [0.05, 0.1) is 6.61 Å². The fourth-order valence-electron chi connectivity index (χ4n) is 1.82. The first-order chi connectivity index (χ1) is 7.33. The number of carbonyl (C=O) groups is 1. The zero-order valence-electron chi connectivity index (χ0n) is 9.67. The van der Waals surface area contributed by atoms with Crippen LogP contribution in [0.15, 0.2) is 0 Å². The van der Waals surface area contributed by atoms with Crippen molar-refractivity contribution in [2.75, 3.05) is 13.2 Å². The fraction of sp³-hybridized carbons (Fsp3) is 0.917. The van der Waals surface area contributed by atoms with Crippen molar-refractivity contribution in [1.29, 1.82) is 0 Å². The summed E-state index contributed by atoms with van der Waals surface area (Å²) >= 11 is 0. The highest BCUT2D eigenvalue weighted by molar-refractivity contribution is 5.71. The number of rotatable bonds is 7. The molecule has 0 aromatic rings. The van der Waals surface area contributed by atoms with Gasteiger partial charge in [-0.2, -0.15) is 0 Å². The van der Waals surface area contributed by atoms with Crippen LogP contribution in [0.4, 0.5) is 0 Å². The molecule has 1 aliphatic rings. The van der Waals surface area contributed by atoms with E-state index in [2.05, 4.69) is 6.92 Å². The van der Waals surface area contributed by atoms with Crippen molar-refractivity contribution in [1.82, 2.24) is 0 Å². The van der Waals surface area contributed by atoms with Crippen molar-refractivity contribution < 1.29 is 14.3 Å². The number of hydrogen-bond acceptors (Lipinski definition) is 3. The van der Waals surface area contributed by atoms with Crippen LogP contribution in [0.1, 0.15) is 51.9 Å². The maximum atomic E-state index is 10.9. The molecule has 0 saturated carbocycles. The second kappa shape index (κ2) is 7.69. The first-order valence-corrected chi connectivity index (χ1v) is 6.10. The van der Waals surface area contributed by atoms with Gasteiger partial charge in [0.2, 0.25) is 0 Å². The Bertz CT molecular complexity index is 180. The lowest BCUT2D eigenvalue weighted by atomic mass is 10.1. The molecule has 3 nitrogen and oxygen atoms in total. The molecule has 1 atom stereocenters. The smallest absolute Gasteiger partial charge is 0.332 e. The molecule has 0 aromatic heterocycles. The van der Waals surface area contributed by atoms with Gasteiger partial charge in [-0.25, -0.2) is 4.79 Å². The standard InChI is InChI=1S/C12H22O3/c1-2-3-4-5-6-7-8-11-9-14-10-12(13)15-11/h11H,2-10H2,1H3. The average molecular weight is 214 g/mol. The predicted molar refractivity (Wildman–Crippen MR) is 58.7 cm³/mol. The molecular formula is C12H22O3. The zero-order chi connectivity index (χ0) is 10.9. The third-order valence-electron chi connectivity index (χ3n) is 2.70. The molecule has 1 heterocycles. The third kappa shape index (κ3) is 5.78. The van der Waals surface area contributed by atoms with Crippen LogP contribution in [0.25, 0.3) is 0 Å². The van der Waals surface area contributed by atoms with Gasteiger partial charge < -0.3 is 9.47 Å². The van der Waals surface area contributed by atoms with E-state index in [0.29, 0.717) is 6.61 Å². The summed E-state index contributed by atoms with van der Waals surface area (Å²) in [5.41, 5.74) is 0. The van der Waals surface area contributed by atoms with E-state index in [0.717, 1.165) is 12.8 Å². The molecule has 0 aliphatic carbocycles. The van der Waals surface area contributed by atoms with Crippen LogP contribution in [-0.4, -0.2) is 25.3 Å². The molecule has 1 rings (SSSR count). The Morgan fingerprint density at radius 3 is 2.67 bits per heavy atom. The molecule has 3 heteroatoms. The Labute approximate surface area is 92.1 Å². The van der Waals surface area contributed by atoms with Crippen LogP contribution in [-0.2, 0) is 14.3 Å². The van der Waals surface area contributed by atoms with Crippen LogP contribution in [0.2, 0.25) is 0 Å². The molecule has 1 unspecified atom stereocenters. The van der Waals surface area contributed by atoms with E-state index in [4.69, 9.17) is 9.47 Å². The number of esters is 1. The van der Waals surface area contributed by atoms with Crippen molar-refractivity contribution in [2.24, 2.45) is 0 Å². The molecular weight excluding hydrogens is 192 g/mol. The van der Waals surface area contributed by atoms with Gasteiger partial charge in [-0.15, -0.1) is 0 Å². The topological polar surface area (TPSA) is 35.5 Å². The van der Waals surface area contributed by atoms with Crippen LogP contribution in [0.5, 0.6) is 0 Å². The summed E-state index contributed by atoms with van der Waals surface area (Å²) in [5.74, 6) is -0.211. The minimum absolute atomic E-state index is 0.0115. The van der Waals surface area contributed by atoms with E-state index >= 15 is 0 Å². The lowest BCUT2D eigenvalue weighted by molar-refractivity contribution is -0.170. The number of ether oxygens (including phenoxy) is 2. The molecule has 0 radical (unpaired) electrons. The molecule has 1 aliphatic heterocycles. The van der Waals surface area contributed by atoms with E-state index in [1.165, 1.54) is 32.1 Å². The van der Waals surface area contributed by atoms with Crippen molar-refractivity contribution in [3.8, 4) is 0 Å². The molecule has 0 amide bonds. The van der Waals surface area contributed by atoms with Crippen LogP contribution in [0, 0.1) is 0 Å². The minimum Gasteiger partial charge on any atom is -0.458 e. The summed E-state index contributed by atoms with van der Waals surface area (Å²) in [6.45, 7) is 2.94.